The molecule has 14 heavy (non-hydrogen) atoms. The minimum Gasteiger partial charge on any atom is -0.481 e. The van der Waals surface area contributed by atoms with E-state index in [1.807, 2.05) is 0 Å². The van der Waals surface area contributed by atoms with E-state index in [0.717, 1.165) is 0 Å². The molecule has 1 aliphatic rings. The van der Waals surface area contributed by atoms with Crippen LogP contribution in [0.25, 0.3) is 0 Å². The highest BCUT2D eigenvalue weighted by atomic mass is 19.4. The lowest BCUT2D eigenvalue weighted by atomic mass is 9.87. The zero-order chi connectivity index (χ0) is 10.8. The highest BCUT2D eigenvalue weighted by molar-refractivity contribution is 5.70. The summed E-state index contributed by atoms with van der Waals surface area (Å²) >= 11 is 0. The van der Waals surface area contributed by atoms with Crippen molar-refractivity contribution >= 4 is 5.97 Å². The number of hydrogen-bond acceptors (Lipinski definition) is 2. The number of halogens is 3. The van der Waals surface area contributed by atoms with Crippen molar-refractivity contribution in [1.29, 1.82) is 0 Å². The van der Waals surface area contributed by atoms with E-state index in [1.165, 1.54) is 0 Å². The molecular weight excluding hydrogens is 201 g/mol. The zero-order valence-corrected chi connectivity index (χ0v) is 7.38. The summed E-state index contributed by atoms with van der Waals surface area (Å²) in [5.41, 5.74) is 0. The van der Waals surface area contributed by atoms with Crippen molar-refractivity contribution in [3.05, 3.63) is 0 Å². The molecule has 0 unspecified atom stereocenters. The van der Waals surface area contributed by atoms with Crippen LogP contribution >= 0.6 is 0 Å². The van der Waals surface area contributed by atoms with E-state index >= 15 is 0 Å². The molecule has 0 saturated heterocycles. The molecule has 0 amide bonds. The summed E-state index contributed by atoms with van der Waals surface area (Å²) in [6.45, 7) is 0. The minimum absolute atomic E-state index is 0.0468. The van der Waals surface area contributed by atoms with Crippen LogP contribution in [-0.4, -0.2) is 23.5 Å². The van der Waals surface area contributed by atoms with Crippen molar-refractivity contribution in [2.75, 3.05) is 0 Å². The van der Waals surface area contributed by atoms with Gasteiger partial charge in [0.25, 0.3) is 0 Å². The van der Waals surface area contributed by atoms with Gasteiger partial charge in [-0.2, -0.15) is 0 Å². The number of carboxylic acids is 1. The standard InChI is InChI=1S/C8H11F3O3/c9-8(10,11)14-6-3-1-2-5(4-6)7(12)13/h5-6H,1-4H2,(H,12,13)/t5-,6+/m1/s1. The van der Waals surface area contributed by atoms with Gasteiger partial charge in [-0.15, -0.1) is 13.2 Å². The van der Waals surface area contributed by atoms with Crippen LogP contribution in [0.5, 0.6) is 0 Å². The molecule has 0 heterocycles. The first-order valence-electron chi connectivity index (χ1n) is 4.36. The third kappa shape index (κ3) is 3.53. The van der Waals surface area contributed by atoms with Gasteiger partial charge in [0.1, 0.15) is 0 Å². The Balaban J connectivity index is 2.44. The Morgan fingerprint density at radius 3 is 2.50 bits per heavy atom. The molecule has 0 aromatic carbocycles. The van der Waals surface area contributed by atoms with Gasteiger partial charge in [-0.1, -0.05) is 6.42 Å². The average Bonchev–Trinajstić information content (AvgIpc) is 2.01. The van der Waals surface area contributed by atoms with Gasteiger partial charge in [-0.05, 0) is 19.3 Å². The smallest absolute Gasteiger partial charge is 0.481 e. The van der Waals surface area contributed by atoms with E-state index in [4.69, 9.17) is 5.11 Å². The fourth-order valence-electron chi connectivity index (χ4n) is 1.67. The Morgan fingerprint density at radius 1 is 1.36 bits per heavy atom. The largest absolute Gasteiger partial charge is 0.522 e. The summed E-state index contributed by atoms with van der Waals surface area (Å²) in [4.78, 5) is 10.5. The van der Waals surface area contributed by atoms with Gasteiger partial charge in [-0.25, -0.2) is 0 Å². The van der Waals surface area contributed by atoms with Crippen LogP contribution in [0.15, 0.2) is 0 Å². The van der Waals surface area contributed by atoms with E-state index < -0.39 is 24.4 Å². The maximum absolute atomic E-state index is 11.8. The highest BCUT2D eigenvalue weighted by Gasteiger charge is 2.37. The minimum atomic E-state index is -4.66. The van der Waals surface area contributed by atoms with Gasteiger partial charge in [0.2, 0.25) is 0 Å². The van der Waals surface area contributed by atoms with Gasteiger partial charge in [0, 0.05) is 0 Å². The summed E-state index contributed by atoms with van der Waals surface area (Å²) in [5.74, 6) is -1.74. The first-order valence-corrected chi connectivity index (χ1v) is 4.36. The summed E-state index contributed by atoms with van der Waals surface area (Å²) in [6, 6.07) is 0. The second kappa shape index (κ2) is 4.16. The number of carboxylic acid groups (broad SMARTS) is 1. The molecule has 0 aliphatic heterocycles. The van der Waals surface area contributed by atoms with Gasteiger partial charge in [0.15, 0.2) is 0 Å². The molecule has 0 aromatic heterocycles. The Bertz CT molecular complexity index is 214. The van der Waals surface area contributed by atoms with Crippen molar-refractivity contribution < 1.29 is 27.8 Å². The van der Waals surface area contributed by atoms with Crippen molar-refractivity contribution in [3.8, 4) is 0 Å². The molecule has 6 heteroatoms. The number of rotatable bonds is 2. The predicted octanol–water partition coefficient (Wildman–Crippen LogP) is 2.17. The van der Waals surface area contributed by atoms with Crippen LogP contribution in [0.4, 0.5) is 13.2 Å². The molecule has 2 atom stereocenters. The van der Waals surface area contributed by atoms with Crippen LogP contribution in [0.1, 0.15) is 25.7 Å². The maximum atomic E-state index is 11.8. The lowest BCUT2D eigenvalue weighted by Crippen LogP contribution is -2.31. The number of aliphatic carboxylic acids is 1. The summed E-state index contributed by atoms with van der Waals surface area (Å²) < 4.78 is 39.2. The van der Waals surface area contributed by atoms with Crippen LogP contribution in [0.3, 0.4) is 0 Å². The Labute approximate surface area is 78.9 Å². The number of carbonyl (C=O) groups is 1. The topological polar surface area (TPSA) is 46.5 Å². The molecule has 1 fully saturated rings. The van der Waals surface area contributed by atoms with E-state index in [2.05, 4.69) is 4.74 Å². The predicted molar refractivity (Wildman–Crippen MR) is 40.5 cm³/mol. The van der Waals surface area contributed by atoms with Crippen LogP contribution in [-0.2, 0) is 9.53 Å². The lowest BCUT2D eigenvalue weighted by Gasteiger charge is -2.27. The average molecular weight is 212 g/mol. The van der Waals surface area contributed by atoms with Crippen molar-refractivity contribution in [2.24, 2.45) is 5.92 Å². The SMILES string of the molecule is O=C(O)[C@@H]1CCC[C@H](OC(F)(F)F)C1. The summed E-state index contributed by atoms with van der Waals surface area (Å²) in [7, 11) is 0. The highest BCUT2D eigenvalue weighted by Crippen LogP contribution is 2.30. The maximum Gasteiger partial charge on any atom is 0.522 e. The first kappa shape index (κ1) is 11.3. The monoisotopic (exact) mass is 212 g/mol. The Morgan fingerprint density at radius 2 is 2.00 bits per heavy atom. The zero-order valence-electron chi connectivity index (χ0n) is 7.38. The third-order valence-corrected chi connectivity index (χ3v) is 2.28. The van der Waals surface area contributed by atoms with Gasteiger partial charge < -0.3 is 5.11 Å². The van der Waals surface area contributed by atoms with E-state index in [1.54, 1.807) is 0 Å². The number of alkyl halides is 3. The van der Waals surface area contributed by atoms with E-state index in [9.17, 15) is 18.0 Å². The molecule has 1 saturated carbocycles. The van der Waals surface area contributed by atoms with Crippen molar-refractivity contribution in [1.82, 2.24) is 0 Å². The van der Waals surface area contributed by atoms with E-state index in [0.29, 0.717) is 12.8 Å². The molecule has 1 aliphatic carbocycles. The number of ether oxygens (including phenoxy) is 1. The van der Waals surface area contributed by atoms with Crippen molar-refractivity contribution in [2.45, 2.75) is 38.1 Å². The third-order valence-electron chi connectivity index (χ3n) is 2.28. The Hall–Kier alpha value is -0.780. The van der Waals surface area contributed by atoms with Crippen LogP contribution in [0.2, 0.25) is 0 Å². The normalized spacial score (nSPS) is 28.8. The summed E-state index contributed by atoms with van der Waals surface area (Å²) in [5, 5.41) is 8.62. The fraction of sp³-hybridized carbons (Fsp3) is 0.875. The molecule has 1 N–H and O–H groups in total. The fourth-order valence-corrected chi connectivity index (χ4v) is 1.67. The van der Waals surface area contributed by atoms with Crippen LogP contribution in [0, 0.1) is 5.92 Å². The van der Waals surface area contributed by atoms with E-state index in [-0.39, 0.29) is 12.8 Å². The molecule has 0 aromatic rings. The van der Waals surface area contributed by atoms with Gasteiger partial charge in [0.05, 0.1) is 12.0 Å². The second-order valence-corrected chi connectivity index (χ2v) is 3.39. The molecule has 0 radical (unpaired) electrons. The first-order chi connectivity index (χ1) is 6.38. The van der Waals surface area contributed by atoms with Crippen molar-refractivity contribution in [3.63, 3.8) is 0 Å². The quantitative estimate of drug-likeness (QED) is 0.762. The molecule has 0 bridgehead atoms. The lowest BCUT2D eigenvalue weighted by molar-refractivity contribution is -0.346. The second-order valence-electron chi connectivity index (χ2n) is 3.39. The molecule has 0 spiro atoms. The van der Waals surface area contributed by atoms with Gasteiger partial charge >= 0.3 is 12.3 Å². The molecule has 3 nitrogen and oxygen atoms in total. The molecule has 82 valence electrons. The molecular formula is C8H11F3O3. The number of hydrogen-bond donors (Lipinski definition) is 1. The van der Waals surface area contributed by atoms with Gasteiger partial charge in [-0.3, -0.25) is 9.53 Å². The molecule has 1 rings (SSSR count). The van der Waals surface area contributed by atoms with Crippen LogP contribution < -0.4 is 0 Å². The Kier molecular flexibility index (Phi) is 3.36. The summed E-state index contributed by atoms with van der Waals surface area (Å²) in [6.07, 6.45) is -4.52.